The average molecular weight is 318 g/mol. The number of hydrazine groups is 1. The third kappa shape index (κ3) is 4.38. The van der Waals surface area contributed by atoms with Crippen molar-refractivity contribution in [3.63, 3.8) is 0 Å². The van der Waals surface area contributed by atoms with Crippen molar-refractivity contribution in [2.75, 3.05) is 0 Å². The minimum atomic E-state index is -4.69. The number of halogens is 3. The summed E-state index contributed by atoms with van der Waals surface area (Å²) in [6, 6.07) is 5.48. The molecule has 0 bridgehead atoms. The fourth-order valence-electron chi connectivity index (χ4n) is 1.85. The largest absolute Gasteiger partial charge is 0.573 e. The van der Waals surface area contributed by atoms with Gasteiger partial charge < -0.3 is 4.74 Å². The predicted octanol–water partition coefficient (Wildman–Crippen LogP) is 2.49. The zero-order valence-corrected chi connectivity index (χ0v) is 11.8. The van der Waals surface area contributed by atoms with Crippen LogP contribution in [0.4, 0.5) is 13.2 Å². The Morgan fingerprint density at radius 2 is 2.00 bits per heavy atom. The molecule has 1 aromatic heterocycles. The van der Waals surface area contributed by atoms with Crippen molar-refractivity contribution in [3.05, 3.63) is 40.4 Å². The Morgan fingerprint density at radius 1 is 1.33 bits per heavy atom. The van der Waals surface area contributed by atoms with Crippen molar-refractivity contribution in [2.45, 2.75) is 25.7 Å². The molecular weight excluding hydrogens is 305 g/mol. The molecule has 1 heterocycles. The average Bonchev–Trinajstić information content (AvgIpc) is 2.82. The highest BCUT2D eigenvalue weighted by Crippen LogP contribution is 2.26. The number of alkyl halides is 3. The van der Waals surface area contributed by atoms with E-state index in [1.807, 2.05) is 6.92 Å². The van der Waals surface area contributed by atoms with E-state index >= 15 is 0 Å². The van der Waals surface area contributed by atoms with Gasteiger partial charge in [0.15, 0.2) is 0 Å². The number of nitrogens with one attached hydrogen (secondary N) is 1. The van der Waals surface area contributed by atoms with E-state index in [4.69, 9.17) is 5.84 Å². The van der Waals surface area contributed by atoms with Gasteiger partial charge in [0.05, 0.1) is 16.6 Å². The summed E-state index contributed by atoms with van der Waals surface area (Å²) in [6.45, 7) is 1.82. The number of nitrogens with zero attached hydrogens (tertiary/aromatic N) is 2. The molecule has 0 amide bonds. The molecule has 5 nitrogen and oxygen atoms in total. The number of rotatable bonds is 5. The van der Waals surface area contributed by atoms with Gasteiger partial charge in [-0.05, 0) is 42.6 Å². The minimum Gasteiger partial charge on any atom is -0.406 e. The van der Waals surface area contributed by atoms with E-state index < -0.39 is 6.36 Å². The molecule has 114 valence electrons. The van der Waals surface area contributed by atoms with Gasteiger partial charge in [-0.3, -0.25) is 11.3 Å². The molecule has 0 saturated carbocycles. The Labute approximate surface area is 123 Å². The van der Waals surface area contributed by atoms with E-state index in [-0.39, 0.29) is 11.8 Å². The summed E-state index contributed by atoms with van der Waals surface area (Å²) in [5.74, 6) is 5.27. The zero-order chi connectivity index (χ0) is 15.5. The van der Waals surface area contributed by atoms with Crippen LogP contribution in [0.25, 0.3) is 0 Å². The molecule has 9 heteroatoms. The molecule has 0 aliphatic heterocycles. The van der Waals surface area contributed by atoms with Gasteiger partial charge in [-0.1, -0.05) is 16.6 Å². The van der Waals surface area contributed by atoms with E-state index in [9.17, 15) is 13.2 Å². The molecule has 0 radical (unpaired) electrons. The number of aromatic nitrogens is 2. The molecule has 1 atom stereocenters. The van der Waals surface area contributed by atoms with Crippen molar-refractivity contribution in [1.29, 1.82) is 0 Å². The van der Waals surface area contributed by atoms with Gasteiger partial charge in [0.1, 0.15) is 5.75 Å². The SMILES string of the molecule is Cc1nnsc1C(Cc1ccc(OC(F)(F)F)cc1)NN. The standard InChI is InChI=1S/C12H13F3N4OS/c1-7-11(21-19-18-7)10(17-16)6-8-2-4-9(5-3-8)20-12(13,14)15/h2-5,10,17H,6,16H2,1H3. The lowest BCUT2D eigenvalue weighted by Gasteiger charge is -2.15. The second kappa shape index (κ2) is 6.37. The predicted molar refractivity (Wildman–Crippen MR) is 71.5 cm³/mol. The number of nitrogens with two attached hydrogens (primary N) is 1. The van der Waals surface area contributed by atoms with Gasteiger partial charge in [0.25, 0.3) is 0 Å². The molecule has 0 aliphatic carbocycles. The molecule has 3 N–H and O–H groups in total. The van der Waals surface area contributed by atoms with Crippen LogP contribution in [-0.2, 0) is 6.42 Å². The van der Waals surface area contributed by atoms with Crippen molar-refractivity contribution < 1.29 is 17.9 Å². The molecule has 0 fully saturated rings. The lowest BCUT2D eigenvalue weighted by atomic mass is 10.0. The molecule has 0 spiro atoms. The zero-order valence-electron chi connectivity index (χ0n) is 11.0. The number of hydrogen-bond donors (Lipinski definition) is 2. The first kappa shape index (κ1) is 15.7. The van der Waals surface area contributed by atoms with Crippen molar-refractivity contribution in [3.8, 4) is 5.75 Å². The first-order valence-electron chi connectivity index (χ1n) is 5.98. The first-order valence-corrected chi connectivity index (χ1v) is 6.76. The third-order valence-corrected chi connectivity index (χ3v) is 3.74. The van der Waals surface area contributed by atoms with Crippen molar-refractivity contribution >= 4 is 11.5 Å². The molecule has 21 heavy (non-hydrogen) atoms. The molecule has 2 aromatic rings. The van der Waals surface area contributed by atoms with Crippen LogP contribution in [-0.4, -0.2) is 15.9 Å². The van der Waals surface area contributed by atoms with Crippen LogP contribution in [0.1, 0.15) is 22.2 Å². The lowest BCUT2D eigenvalue weighted by molar-refractivity contribution is -0.274. The van der Waals surface area contributed by atoms with Gasteiger partial charge in [0.2, 0.25) is 0 Å². The van der Waals surface area contributed by atoms with Gasteiger partial charge in [-0.25, -0.2) is 0 Å². The highest BCUT2D eigenvalue weighted by Gasteiger charge is 2.31. The molecule has 1 aromatic carbocycles. The number of ether oxygens (including phenoxy) is 1. The normalized spacial score (nSPS) is 13.2. The topological polar surface area (TPSA) is 73.1 Å². The van der Waals surface area contributed by atoms with Crippen LogP contribution in [0.3, 0.4) is 0 Å². The molecule has 0 aliphatic rings. The highest BCUT2D eigenvalue weighted by atomic mass is 32.1. The smallest absolute Gasteiger partial charge is 0.406 e. The first-order chi connectivity index (χ1) is 9.89. The second-order valence-electron chi connectivity index (χ2n) is 4.34. The van der Waals surface area contributed by atoms with Crippen LogP contribution < -0.4 is 16.0 Å². The maximum absolute atomic E-state index is 12.1. The Hall–Kier alpha value is -1.71. The van der Waals surface area contributed by atoms with E-state index in [1.165, 1.54) is 23.7 Å². The monoisotopic (exact) mass is 318 g/mol. The van der Waals surface area contributed by atoms with Gasteiger partial charge in [0, 0.05) is 0 Å². The highest BCUT2D eigenvalue weighted by molar-refractivity contribution is 7.05. The summed E-state index contributed by atoms with van der Waals surface area (Å²) in [5, 5.41) is 3.91. The molecule has 0 saturated heterocycles. The Bertz CT molecular complexity index is 585. The fourth-order valence-corrected chi connectivity index (χ4v) is 2.55. The van der Waals surface area contributed by atoms with E-state index in [0.717, 1.165) is 16.1 Å². The minimum absolute atomic E-state index is 0.195. The number of hydrogen-bond acceptors (Lipinski definition) is 6. The maximum Gasteiger partial charge on any atom is 0.573 e. The fraction of sp³-hybridized carbons (Fsp3) is 0.333. The lowest BCUT2D eigenvalue weighted by Crippen LogP contribution is -2.29. The summed E-state index contributed by atoms with van der Waals surface area (Å²) in [5.41, 5.74) is 4.26. The molecule has 1 unspecified atom stereocenters. The summed E-state index contributed by atoms with van der Waals surface area (Å²) in [6.07, 6.45) is -4.18. The van der Waals surface area contributed by atoms with E-state index in [1.54, 1.807) is 12.1 Å². The van der Waals surface area contributed by atoms with Crippen LogP contribution in [0, 0.1) is 6.92 Å². The quantitative estimate of drug-likeness (QED) is 0.654. The molecule has 2 rings (SSSR count). The van der Waals surface area contributed by atoms with Crippen LogP contribution in [0.5, 0.6) is 5.75 Å². The third-order valence-electron chi connectivity index (χ3n) is 2.80. The van der Waals surface area contributed by atoms with E-state index in [0.29, 0.717) is 6.42 Å². The summed E-state index contributed by atoms with van der Waals surface area (Å²) in [7, 11) is 0. The van der Waals surface area contributed by atoms with Crippen LogP contribution in [0.15, 0.2) is 24.3 Å². The Balaban J connectivity index is 2.07. The van der Waals surface area contributed by atoms with Gasteiger partial charge >= 0.3 is 6.36 Å². The summed E-state index contributed by atoms with van der Waals surface area (Å²) in [4.78, 5) is 0.896. The summed E-state index contributed by atoms with van der Waals surface area (Å²) >= 11 is 1.24. The van der Waals surface area contributed by atoms with Gasteiger partial charge in [-0.15, -0.1) is 18.3 Å². The second-order valence-corrected chi connectivity index (χ2v) is 5.12. The van der Waals surface area contributed by atoms with Gasteiger partial charge in [-0.2, -0.15) is 0 Å². The van der Waals surface area contributed by atoms with Crippen LogP contribution >= 0.6 is 11.5 Å². The van der Waals surface area contributed by atoms with Crippen LogP contribution in [0.2, 0.25) is 0 Å². The Morgan fingerprint density at radius 3 is 2.48 bits per heavy atom. The summed E-state index contributed by atoms with van der Waals surface area (Å²) < 4.78 is 43.9. The van der Waals surface area contributed by atoms with E-state index in [2.05, 4.69) is 19.7 Å². The molecular formula is C12H13F3N4OS. The Kier molecular flexibility index (Phi) is 4.76. The van der Waals surface area contributed by atoms with Crippen molar-refractivity contribution in [2.24, 2.45) is 5.84 Å². The number of aryl methyl sites for hydroxylation is 1. The maximum atomic E-state index is 12.1. The number of benzene rings is 1. The van der Waals surface area contributed by atoms with Crippen molar-refractivity contribution in [1.82, 2.24) is 15.0 Å².